The Morgan fingerprint density at radius 3 is 2.23 bits per heavy atom. The Morgan fingerprint density at radius 1 is 0.909 bits per heavy atom. The second-order valence-electron chi connectivity index (χ2n) is 11.0. The van der Waals surface area contributed by atoms with Crippen molar-refractivity contribution in [1.29, 1.82) is 0 Å². The number of aromatic nitrogens is 2. The molecule has 3 aromatic rings. The van der Waals surface area contributed by atoms with Crippen molar-refractivity contribution in [3.05, 3.63) is 76.2 Å². The van der Waals surface area contributed by atoms with Gasteiger partial charge < -0.3 is 19.1 Å². The highest BCUT2D eigenvalue weighted by atomic mass is 19.4. The third-order valence-corrected chi connectivity index (χ3v) is 7.72. The number of rotatable bonds is 11. The van der Waals surface area contributed by atoms with Crippen molar-refractivity contribution in [3.8, 4) is 11.4 Å². The number of halogens is 4. The maximum Gasteiger partial charge on any atom is 0.416 e. The summed E-state index contributed by atoms with van der Waals surface area (Å²) in [7, 11) is 0. The van der Waals surface area contributed by atoms with E-state index in [2.05, 4.69) is 14.9 Å². The van der Waals surface area contributed by atoms with Crippen LogP contribution < -0.4 is 4.90 Å². The van der Waals surface area contributed by atoms with Gasteiger partial charge in [-0.05, 0) is 29.7 Å². The monoisotopic (exact) mass is 616 g/mol. The first kappa shape index (κ1) is 32.0. The minimum absolute atomic E-state index is 0.0429. The van der Waals surface area contributed by atoms with Gasteiger partial charge in [-0.1, -0.05) is 36.4 Å². The molecule has 0 N–H and O–H groups in total. The summed E-state index contributed by atoms with van der Waals surface area (Å²) in [6, 6.07) is 11.0. The SMILES string of the molecule is Cc1nc(-c2ccc(CC(=O)Cc3ccc(COCCN4CCOCC4)c(C(F)(F)F)c3)cc2)nc(N2CCOCC2)c1F. The molecule has 8 nitrogen and oxygen atoms in total. The lowest BCUT2D eigenvalue weighted by atomic mass is 9.98. The largest absolute Gasteiger partial charge is 0.416 e. The lowest BCUT2D eigenvalue weighted by Gasteiger charge is -2.28. The van der Waals surface area contributed by atoms with Crippen molar-refractivity contribution >= 4 is 11.6 Å². The lowest BCUT2D eigenvalue weighted by molar-refractivity contribution is -0.139. The number of benzene rings is 2. The van der Waals surface area contributed by atoms with E-state index in [-0.39, 0.29) is 42.3 Å². The molecule has 0 radical (unpaired) electrons. The average molecular weight is 617 g/mol. The van der Waals surface area contributed by atoms with E-state index in [0.717, 1.165) is 19.2 Å². The van der Waals surface area contributed by atoms with E-state index in [0.29, 0.717) is 75.2 Å². The van der Waals surface area contributed by atoms with Crippen LogP contribution in [0.3, 0.4) is 0 Å². The van der Waals surface area contributed by atoms with Crippen molar-refractivity contribution < 1.29 is 36.6 Å². The molecule has 0 atom stereocenters. The van der Waals surface area contributed by atoms with E-state index in [4.69, 9.17) is 14.2 Å². The normalized spacial score (nSPS) is 16.3. The lowest BCUT2D eigenvalue weighted by Crippen LogP contribution is -2.38. The number of anilines is 1. The molecule has 0 aliphatic carbocycles. The molecule has 0 saturated carbocycles. The van der Waals surface area contributed by atoms with Crippen LogP contribution in [-0.2, 0) is 44.6 Å². The van der Waals surface area contributed by atoms with E-state index in [9.17, 15) is 22.4 Å². The van der Waals surface area contributed by atoms with Gasteiger partial charge in [0.25, 0.3) is 0 Å². The number of Topliss-reactive ketones (excluding diaryl/α,β-unsaturated/α-hetero) is 1. The van der Waals surface area contributed by atoms with Crippen LogP contribution in [0.25, 0.3) is 11.4 Å². The Bertz CT molecular complexity index is 1420. The second kappa shape index (κ2) is 14.6. The number of morpholine rings is 2. The van der Waals surface area contributed by atoms with Gasteiger partial charge in [0.2, 0.25) is 0 Å². The Balaban J connectivity index is 1.19. The fourth-order valence-electron chi connectivity index (χ4n) is 5.27. The molecule has 0 amide bonds. The number of nitrogens with zero attached hydrogens (tertiary/aromatic N) is 4. The van der Waals surface area contributed by atoms with Gasteiger partial charge in [-0.25, -0.2) is 14.4 Å². The summed E-state index contributed by atoms with van der Waals surface area (Å²) in [5, 5.41) is 0. The van der Waals surface area contributed by atoms with Gasteiger partial charge in [0.1, 0.15) is 5.78 Å². The topological polar surface area (TPSA) is 77.0 Å². The maximum absolute atomic E-state index is 14.8. The Labute approximate surface area is 253 Å². The van der Waals surface area contributed by atoms with Crippen molar-refractivity contribution in [2.75, 3.05) is 70.7 Å². The molecule has 0 bridgehead atoms. The number of hydrogen-bond acceptors (Lipinski definition) is 8. The third-order valence-electron chi connectivity index (χ3n) is 7.72. The number of carbonyl (C=O) groups excluding carboxylic acids is 1. The summed E-state index contributed by atoms with van der Waals surface area (Å²) in [6.45, 7) is 7.27. The smallest absolute Gasteiger partial charge is 0.379 e. The highest BCUT2D eigenvalue weighted by Crippen LogP contribution is 2.33. The van der Waals surface area contributed by atoms with Gasteiger partial charge >= 0.3 is 6.18 Å². The van der Waals surface area contributed by atoms with Crippen LogP contribution in [0, 0.1) is 12.7 Å². The molecule has 1 aromatic heterocycles. The third kappa shape index (κ3) is 8.38. The zero-order valence-corrected chi connectivity index (χ0v) is 24.7. The first-order valence-electron chi connectivity index (χ1n) is 14.7. The Kier molecular flexibility index (Phi) is 10.6. The average Bonchev–Trinajstić information content (AvgIpc) is 3.02. The van der Waals surface area contributed by atoms with Crippen molar-refractivity contribution in [2.45, 2.75) is 32.5 Å². The van der Waals surface area contributed by atoms with Crippen LogP contribution in [0.2, 0.25) is 0 Å². The van der Waals surface area contributed by atoms with E-state index >= 15 is 0 Å². The second-order valence-corrected chi connectivity index (χ2v) is 11.0. The molecule has 12 heteroatoms. The summed E-state index contributed by atoms with van der Waals surface area (Å²) in [5.74, 6) is -0.0771. The van der Waals surface area contributed by atoms with E-state index in [1.54, 1.807) is 37.3 Å². The highest BCUT2D eigenvalue weighted by molar-refractivity contribution is 5.83. The molecule has 3 heterocycles. The molecule has 2 aromatic carbocycles. The number of carbonyl (C=O) groups is 1. The number of ether oxygens (including phenoxy) is 3. The van der Waals surface area contributed by atoms with Crippen LogP contribution in [0.15, 0.2) is 42.5 Å². The molecule has 2 aliphatic rings. The molecule has 236 valence electrons. The number of alkyl halides is 3. The Hall–Kier alpha value is -3.45. The van der Waals surface area contributed by atoms with E-state index in [1.807, 2.05) is 4.90 Å². The van der Waals surface area contributed by atoms with Gasteiger partial charge in [-0.3, -0.25) is 9.69 Å². The van der Waals surface area contributed by atoms with Gasteiger partial charge in [0, 0.05) is 51.1 Å². The molecule has 2 fully saturated rings. The molecular weight excluding hydrogens is 580 g/mol. The van der Waals surface area contributed by atoms with E-state index < -0.39 is 17.6 Å². The first-order chi connectivity index (χ1) is 21.2. The summed E-state index contributed by atoms with van der Waals surface area (Å²) < 4.78 is 72.6. The van der Waals surface area contributed by atoms with Crippen molar-refractivity contribution in [1.82, 2.24) is 14.9 Å². The van der Waals surface area contributed by atoms with E-state index in [1.165, 1.54) is 6.07 Å². The minimum atomic E-state index is -4.57. The predicted molar refractivity (Wildman–Crippen MR) is 156 cm³/mol. The standard InChI is InChI=1S/C32H36F4N4O4/c1-22-29(33)31(40-11-16-43-17-12-40)38-30(37-22)25-5-2-23(3-6-25)18-27(41)19-24-4-7-26(28(20-24)32(34,35)36)21-44-15-10-39-8-13-42-14-9-39/h2-7,20H,8-19,21H2,1H3. The summed E-state index contributed by atoms with van der Waals surface area (Å²) in [6.07, 6.45) is -4.65. The molecule has 0 spiro atoms. The zero-order valence-electron chi connectivity index (χ0n) is 24.7. The highest BCUT2D eigenvalue weighted by Gasteiger charge is 2.33. The Morgan fingerprint density at radius 2 is 1.55 bits per heavy atom. The fourth-order valence-corrected chi connectivity index (χ4v) is 5.27. The van der Waals surface area contributed by atoms with Crippen LogP contribution >= 0.6 is 0 Å². The van der Waals surface area contributed by atoms with Crippen LogP contribution in [-0.4, -0.2) is 86.4 Å². The first-order valence-corrected chi connectivity index (χ1v) is 14.7. The van der Waals surface area contributed by atoms with Crippen LogP contribution in [0.5, 0.6) is 0 Å². The fraction of sp³-hybridized carbons (Fsp3) is 0.469. The predicted octanol–water partition coefficient (Wildman–Crippen LogP) is 4.65. The maximum atomic E-state index is 14.8. The molecule has 0 unspecified atom stereocenters. The van der Waals surface area contributed by atoms with Crippen LogP contribution in [0.4, 0.5) is 23.4 Å². The van der Waals surface area contributed by atoms with Crippen molar-refractivity contribution in [3.63, 3.8) is 0 Å². The number of hydrogen-bond donors (Lipinski definition) is 0. The van der Waals surface area contributed by atoms with Gasteiger partial charge in [0.05, 0.1) is 50.9 Å². The quantitative estimate of drug-likeness (QED) is 0.228. The molecule has 2 aliphatic heterocycles. The van der Waals surface area contributed by atoms with Crippen LogP contribution in [0.1, 0.15) is 27.9 Å². The minimum Gasteiger partial charge on any atom is -0.379 e. The zero-order chi connectivity index (χ0) is 31.1. The molecular formula is C32H36F4N4O4. The summed E-state index contributed by atoms with van der Waals surface area (Å²) >= 11 is 0. The van der Waals surface area contributed by atoms with Gasteiger partial charge in [-0.15, -0.1) is 0 Å². The summed E-state index contributed by atoms with van der Waals surface area (Å²) in [4.78, 5) is 25.6. The van der Waals surface area contributed by atoms with Crippen molar-refractivity contribution in [2.24, 2.45) is 0 Å². The molecule has 5 rings (SSSR count). The summed E-state index contributed by atoms with van der Waals surface area (Å²) in [5.41, 5.74) is 1.15. The van der Waals surface area contributed by atoms with Gasteiger partial charge in [0.15, 0.2) is 17.5 Å². The number of ketones is 1. The number of aryl methyl sites for hydroxylation is 1. The van der Waals surface area contributed by atoms with Gasteiger partial charge in [-0.2, -0.15) is 13.2 Å². The molecule has 2 saturated heterocycles. The molecule has 44 heavy (non-hydrogen) atoms.